The van der Waals surface area contributed by atoms with Crippen LogP contribution in [0, 0.1) is 0 Å². The average Bonchev–Trinajstić information content (AvgIpc) is 3.35. The lowest BCUT2D eigenvalue weighted by Crippen LogP contribution is -2.25. The second-order valence-electron chi connectivity index (χ2n) is 7.89. The number of anilines is 1. The molecule has 188 valence electrons. The van der Waals surface area contributed by atoms with E-state index >= 15 is 0 Å². The quantitative estimate of drug-likeness (QED) is 0.247. The van der Waals surface area contributed by atoms with E-state index in [0.29, 0.717) is 38.7 Å². The first-order chi connectivity index (χ1) is 16.9. The zero-order chi connectivity index (χ0) is 26.4. The number of aryl methyl sites for hydroxylation is 1. The zero-order valence-electron chi connectivity index (χ0n) is 19.3. The number of allylic oxidation sites excluding steroid dienone is 3. The van der Waals surface area contributed by atoms with E-state index in [1.807, 2.05) is 11.6 Å². The number of pyridine rings is 1. The van der Waals surface area contributed by atoms with Gasteiger partial charge in [0.05, 0.1) is 21.9 Å². The number of hydrogen-bond acceptors (Lipinski definition) is 5. The summed E-state index contributed by atoms with van der Waals surface area (Å²) in [7, 11) is 1.81. The number of nitrogens with zero attached hydrogens (tertiary/aromatic N) is 5. The molecule has 4 aromatic rings. The summed E-state index contributed by atoms with van der Waals surface area (Å²) in [4.78, 5) is 25.5. The fraction of sp³-hybridized carbons (Fsp3) is 0.217. The Kier molecular flexibility index (Phi) is 6.60. The highest BCUT2D eigenvalue weighted by atomic mass is 79.9. The second-order valence-corrected chi connectivity index (χ2v) is 8.64. The maximum atomic E-state index is 14.0. The predicted octanol–water partition coefficient (Wildman–Crippen LogP) is 5.46. The number of halogens is 5. The van der Waals surface area contributed by atoms with Crippen molar-refractivity contribution in [2.45, 2.75) is 26.4 Å². The molecule has 13 heteroatoms. The van der Waals surface area contributed by atoms with Gasteiger partial charge in [-0.25, -0.2) is 19.3 Å². The molecular weight excluding hydrogens is 546 g/mol. The largest absolute Gasteiger partial charge is 0.412 e. The molecule has 0 aliphatic rings. The Bertz CT molecular complexity index is 1560. The molecule has 0 aromatic carbocycles. The highest BCUT2D eigenvalue weighted by Gasteiger charge is 2.32. The van der Waals surface area contributed by atoms with Crippen molar-refractivity contribution < 1.29 is 22.4 Å². The van der Waals surface area contributed by atoms with Gasteiger partial charge in [-0.1, -0.05) is 6.92 Å². The summed E-state index contributed by atoms with van der Waals surface area (Å²) < 4.78 is 57.4. The highest BCUT2D eigenvalue weighted by Crippen LogP contribution is 2.39. The molecule has 0 unspecified atom stereocenters. The van der Waals surface area contributed by atoms with Gasteiger partial charge in [0, 0.05) is 24.4 Å². The van der Waals surface area contributed by atoms with E-state index in [1.165, 1.54) is 23.8 Å². The first-order valence-corrected chi connectivity index (χ1v) is 11.4. The van der Waals surface area contributed by atoms with Gasteiger partial charge >= 0.3 is 6.18 Å². The Morgan fingerprint density at radius 1 is 1.28 bits per heavy atom. The number of imidazole rings is 1. The SMILES string of the molecule is CC/C(=C\C(NC(=O)c1cnc2cc(-c3c(Br)n(C)c4ncnc(N)c34)ccn12)=C(/C)F)C(F)(F)F. The van der Waals surface area contributed by atoms with Crippen LogP contribution in [0.15, 0.2) is 58.6 Å². The maximum absolute atomic E-state index is 14.0. The van der Waals surface area contributed by atoms with Crippen LogP contribution in [0.2, 0.25) is 0 Å². The fourth-order valence-electron chi connectivity index (χ4n) is 3.78. The summed E-state index contributed by atoms with van der Waals surface area (Å²) >= 11 is 3.56. The van der Waals surface area contributed by atoms with Crippen LogP contribution in [0.4, 0.5) is 23.4 Å². The van der Waals surface area contributed by atoms with Crippen molar-refractivity contribution in [1.29, 1.82) is 0 Å². The van der Waals surface area contributed by atoms with E-state index in [9.17, 15) is 22.4 Å². The van der Waals surface area contributed by atoms with Crippen molar-refractivity contribution in [3.8, 4) is 11.1 Å². The number of carbonyl (C=O) groups excluding carboxylic acids is 1. The standard InChI is InChI=1S/C23H20BrF4N7O/c1-4-13(23(26,27)28)8-14(11(2)25)33-22(36)15-9-30-16-7-12(5-6-35(15)16)17-18-20(29)31-10-32-21(18)34(3)19(17)24/h5-10H,4H2,1-3H3,(H,33,36)(H2,29,31,32)/b13-8+,14-11-. The van der Waals surface area contributed by atoms with Gasteiger partial charge in [0.15, 0.2) is 0 Å². The molecule has 0 saturated carbocycles. The van der Waals surface area contributed by atoms with Crippen LogP contribution < -0.4 is 11.1 Å². The van der Waals surface area contributed by atoms with E-state index in [1.54, 1.807) is 18.3 Å². The van der Waals surface area contributed by atoms with Crippen LogP contribution in [0.5, 0.6) is 0 Å². The Morgan fingerprint density at radius 2 is 2.00 bits per heavy atom. The number of fused-ring (bicyclic) bond motifs is 2. The summed E-state index contributed by atoms with van der Waals surface area (Å²) in [6.07, 6.45) is -0.237. The Balaban J connectivity index is 1.73. The van der Waals surface area contributed by atoms with Crippen molar-refractivity contribution in [2.24, 2.45) is 7.05 Å². The van der Waals surface area contributed by atoms with Crippen molar-refractivity contribution in [2.75, 3.05) is 5.73 Å². The number of rotatable bonds is 5. The van der Waals surface area contributed by atoms with Crippen molar-refractivity contribution in [1.82, 2.24) is 29.2 Å². The van der Waals surface area contributed by atoms with Gasteiger partial charge in [-0.05, 0) is 53.0 Å². The summed E-state index contributed by atoms with van der Waals surface area (Å²) in [6, 6.07) is 3.42. The van der Waals surface area contributed by atoms with Gasteiger partial charge < -0.3 is 15.6 Å². The van der Waals surface area contributed by atoms with E-state index in [4.69, 9.17) is 5.73 Å². The normalized spacial score (nSPS) is 13.4. The van der Waals surface area contributed by atoms with Crippen molar-refractivity contribution in [3.63, 3.8) is 0 Å². The molecule has 4 aromatic heterocycles. The number of nitrogens with two attached hydrogens (primary N) is 1. The fourth-order valence-corrected chi connectivity index (χ4v) is 4.38. The zero-order valence-corrected chi connectivity index (χ0v) is 20.9. The molecule has 0 atom stereocenters. The minimum atomic E-state index is -4.65. The molecule has 0 aliphatic carbocycles. The predicted molar refractivity (Wildman–Crippen MR) is 131 cm³/mol. The monoisotopic (exact) mass is 565 g/mol. The van der Waals surface area contributed by atoms with Gasteiger partial charge in [-0.3, -0.25) is 9.20 Å². The number of carbonyl (C=O) groups is 1. The number of amides is 1. The van der Waals surface area contributed by atoms with Gasteiger partial charge in [-0.15, -0.1) is 0 Å². The van der Waals surface area contributed by atoms with Crippen LogP contribution in [0.1, 0.15) is 30.8 Å². The maximum Gasteiger partial charge on any atom is 0.412 e. The molecule has 1 amide bonds. The second kappa shape index (κ2) is 9.37. The molecule has 36 heavy (non-hydrogen) atoms. The van der Waals surface area contributed by atoms with Crippen molar-refractivity contribution in [3.05, 3.63) is 64.3 Å². The molecule has 8 nitrogen and oxygen atoms in total. The Labute approximate surface area is 210 Å². The third-order valence-electron chi connectivity index (χ3n) is 5.64. The minimum absolute atomic E-state index is 0.00795. The first-order valence-electron chi connectivity index (χ1n) is 10.6. The molecule has 0 radical (unpaired) electrons. The summed E-state index contributed by atoms with van der Waals surface area (Å²) in [5, 5.41) is 2.86. The lowest BCUT2D eigenvalue weighted by atomic mass is 10.1. The van der Waals surface area contributed by atoms with Crippen LogP contribution >= 0.6 is 15.9 Å². The van der Waals surface area contributed by atoms with Crippen LogP contribution in [0.25, 0.3) is 27.8 Å². The lowest BCUT2D eigenvalue weighted by molar-refractivity contribution is -0.0936. The molecule has 0 spiro atoms. The summed E-state index contributed by atoms with van der Waals surface area (Å²) in [6.45, 7) is 2.26. The van der Waals surface area contributed by atoms with Crippen molar-refractivity contribution >= 4 is 44.3 Å². The van der Waals surface area contributed by atoms with E-state index in [0.717, 1.165) is 12.5 Å². The smallest absolute Gasteiger partial charge is 0.383 e. The molecule has 4 rings (SSSR count). The topological polar surface area (TPSA) is 103 Å². The number of nitrogen functional groups attached to an aromatic ring is 1. The van der Waals surface area contributed by atoms with Gasteiger partial charge in [-0.2, -0.15) is 13.2 Å². The number of nitrogens with one attached hydrogen (secondary N) is 1. The number of hydrogen-bond donors (Lipinski definition) is 2. The molecule has 0 aliphatic heterocycles. The summed E-state index contributed by atoms with van der Waals surface area (Å²) in [5.41, 5.74) is 7.00. The molecule has 0 bridgehead atoms. The number of aromatic nitrogens is 5. The molecular formula is C23H20BrF4N7O. The van der Waals surface area contributed by atoms with Gasteiger partial charge in [0.1, 0.15) is 35.0 Å². The van der Waals surface area contributed by atoms with E-state index in [2.05, 4.69) is 36.2 Å². The third-order valence-corrected chi connectivity index (χ3v) is 6.57. The van der Waals surface area contributed by atoms with Crippen LogP contribution in [-0.4, -0.2) is 36.0 Å². The Morgan fingerprint density at radius 3 is 2.64 bits per heavy atom. The highest BCUT2D eigenvalue weighted by molar-refractivity contribution is 9.10. The first kappa shape index (κ1) is 25.4. The van der Waals surface area contributed by atoms with Crippen LogP contribution in [0.3, 0.4) is 0 Å². The van der Waals surface area contributed by atoms with Crippen LogP contribution in [-0.2, 0) is 7.05 Å². The Hall–Kier alpha value is -3.74. The molecule has 0 saturated heterocycles. The van der Waals surface area contributed by atoms with Gasteiger partial charge in [0.25, 0.3) is 5.91 Å². The number of alkyl halides is 3. The van der Waals surface area contributed by atoms with E-state index in [-0.39, 0.29) is 12.1 Å². The van der Waals surface area contributed by atoms with Gasteiger partial charge in [0.2, 0.25) is 0 Å². The summed E-state index contributed by atoms with van der Waals surface area (Å²) in [5.74, 6) is -1.49. The minimum Gasteiger partial charge on any atom is -0.383 e. The van der Waals surface area contributed by atoms with E-state index < -0.39 is 29.2 Å². The average molecular weight is 566 g/mol. The molecule has 0 fully saturated rings. The lowest BCUT2D eigenvalue weighted by Gasteiger charge is -2.12. The molecule has 4 heterocycles. The molecule has 3 N–H and O–H groups in total. The third kappa shape index (κ3) is 4.45.